The standard InChI is InChI=1S/C15H22O/c1-5-6-9-12-16-14-11-8-7-10-13(14)15(2,3)4/h5,7-8,10-11H,1,6,9,12H2,2-4H3. The predicted molar refractivity (Wildman–Crippen MR) is 70.1 cm³/mol. The second-order valence-electron chi connectivity index (χ2n) is 5.03. The average molecular weight is 218 g/mol. The van der Waals surface area contributed by atoms with Gasteiger partial charge in [0.1, 0.15) is 5.75 Å². The Balaban J connectivity index is 2.68. The fourth-order valence-electron chi connectivity index (χ4n) is 1.62. The number of para-hydroxylation sites is 1. The SMILES string of the molecule is C=CCCCOc1ccccc1C(C)(C)C. The van der Waals surface area contributed by atoms with E-state index in [-0.39, 0.29) is 5.41 Å². The Morgan fingerprint density at radius 3 is 2.56 bits per heavy atom. The summed E-state index contributed by atoms with van der Waals surface area (Å²) < 4.78 is 5.82. The molecule has 0 spiro atoms. The van der Waals surface area contributed by atoms with E-state index in [4.69, 9.17) is 4.74 Å². The lowest BCUT2D eigenvalue weighted by Gasteiger charge is -2.22. The third kappa shape index (κ3) is 3.73. The van der Waals surface area contributed by atoms with Crippen LogP contribution in [0.4, 0.5) is 0 Å². The molecule has 16 heavy (non-hydrogen) atoms. The minimum atomic E-state index is 0.134. The van der Waals surface area contributed by atoms with Crippen LogP contribution in [0.15, 0.2) is 36.9 Å². The summed E-state index contributed by atoms with van der Waals surface area (Å²) >= 11 is 0. The third-order valence-corrected chi connectivity index (χ3v) is 2.51. The first-order valence-corrected chi connectivity index (χ1v) is 5.89. The smallest absolute Gasteiger partial charge is 0.123 e. The molecule has 0 fully saturated rings. The van der Waals surface area contributed by atoms with Crippen LogP contribution in [-0.2, 0) is 5.41 Å². The molecular formula is C15H22O. The van der Waals surface area contributed by atoms with Crippen molar-refractivity contribution in [3.05, 3.63) is 42.5 Å². The van der Waals surface area contributed by atoms with Gasteiger partial charge < -0.3 is 4.74 Å². The van der Waals surface area contributed by atoms with Crippen molar-refractivity contribution >= 4 is 0 Å². The molecule has 0 atom stereocenters. The van der Waals surface area contributed by atoms with Crippen molar-refractivity contribution in [2.75, 3.05) is 6.61 Å². The highest BCUT2D eigenvalue weighted by atomic mass is 16.5. The first-order valence-electron chi connectivity index (χ1n) is 5.89. The quantitative estimate of drug-likeness (QED) is 0.528. The molecule has 0 saturated carbocycles. The first-order chi connectivity index (χ1) is 7.55. The van der Waals surface area contributed by atoms with Gasteiger partial charge >= 0.3 is 0 Å². The molecule has 0 heterocycles. The molecule has 1 heteroatoms. The molecule has 1 nitrogen and oxygen atoms in total. The monoisotopic (exact) mass is 218 g/mol. The second-order valence-corrected chi connectivity index (χ2v) is 5.03. The van der Waals surface area contributed by atoms with E-state index in [1.165, 1.54) is 5.56 Å². The molecule has 0 bridgehead atoms. The molecule has 0 aromatic heterocycles. The van der Waals surface area contributed by atoms with Crippen molar-refractivity contribution < 1.29 is 4.74 Å². The maximum absolute atomic E-state index is 5.82. The molecule has 0 radical (unpaired) electrons. The van der Waals surface area contributed by atoms with Crippen molar-refractivity contribution in [2.45, 2.75) is 39.0 Å². The summed E-state index contributed by atoms with van der Waals surface area (Å²) in [7, 11) is 0. The van der Waals surface area contributed by atoms with Gasteiger partial charge in [0.25, 0.3) is 0 Å². The molecule has 0 saturated heterocycles. The van der Waals surface area contributed by atoms with Crippen LogP contribution >= 0.6 is 0 Å². The maximum atomic E-state index is 5.82. The Hall–Kier alpha value is -1.24. The van der Waals surface area contributed by atoms with E-state index in [2.05, 4.69) is 45.5 Å². The van der Waals surface area contributed by atoms with Crippen LogP contribution in [0, 0.1) is 0 Å². The number of benzene rings is 1. The molecule has 0 amide bonds. The first kappa shape index (κ1) is 12.8. The van der Waals surface area contributed by atoms with E-state index < -0.39 is 0 Å². The van der Waals surface area contributed by atoms with Crippen LogP contribution in [0.3, 0.4) is 0 Å². The van der Waals surface area contributed by atoms with Gasteiger partial charge in [0.2, 0.25) is 0 Å². The number of unbranched alkanes of at least 4 members (excludes halogenated alkanes) is 1. The molecule has 1 rings (SSSR count). The lowest BCUT2D eigenvalue weighted by molar-refractivity contribution is 0.304. The van der Waals surface area contributed by atoms with Gasteiger partial charge in [-0.1, -0.05) is 45.0 Å². The highest BCUT2D eigenvalue weighted by Gasteiger charge is 2.17. The van der Waals surface area contributed by atoms with E-state index in [0.717, 1.165) is 25.2 Å². The fraction of sp³-hybridized carbons (Fsp3) is 0.467. The predicted octanol–water partition coefficient (Wildman–Crippen LogP) is 4.33. The van der Waals surface area contributed by atoms with E-state index in [0.29, 0.717) is 0 Å². The van der Waals surface area contributed by atoms with Crippen LogP contribution in [0.25, 0.3) is 0 Å². The van der Waals surface area contributed by atoms with Crippen molar-refractivity contribution in [1.82, 2.24) is 0 Å². The molecule has 88 valence electrons. The Bertz CT molecular complexity index is 334. The van der Waals surface area contributed by atoms with Gasteiger partial charge in [0.15, 0.2) is 0 Å². The Morgan fingerprint density at radius 2 is 1.94 bits per heavy atom. The topological polar surface area (TPSA) is 9.23 Å². The third-order valence-electron chi connectivity index (χ3n) is 2.51. The summed E-state index contributed by atoms with van der Waals surface area (Å²) in [5.74, 6) is 1.01. The minimum absolute atomic E-state index is 0.134. The van der Waals surface area contributed by atoms with Crippen molar-refractivity contribution in [1.29, 1.82) is 0 Å². The zero-order chi connectivity index (χ0) is 12.0. The summed E-state index contributed by atoms with van der Waals surface area (Å²) in [6.45, 7) is 11.1. The summed E-state index contributed by atoms with van der Waals surface area (Å²) in [5, 5.41) is 0. The van der Waals surface area contributed by atoms with Crippen LogP contribution in [-0.4, -0.2) is 6.61 Å². The molecule has 0 aliphatic carbocycles. The summed E-state index contributed by atoms with van der Waals surface area (Å²) in [6.07, 6.45) is 3.97. The zero-order valence-electron chi connectivity index (χ0n) is 10.6. The van der Waals surface area contributed by atoms with E-state index in [1.807, 2.05) is 12.1 Å². The average Bonchev–Trinajstić information content (AvgIpc) is 2.24. The number of allylic oxidation sites excluding steroid dienone is 1. The molecule has 0 aliphatic rings. The van der Waals surface area contributed by atoms with Crippen LogP contribution < -0.4 is 4.74 Å². The maximum Gasteiger partial charge on any atom is 0.123 e. The lowest BCUT2D eigenvalue weighted by atomic mass is 9.86. The van der Waals surface area contributed by atoms with Gasteiger partial charge in [-0.2, -0.15) is 0 Å². The van der Waals surface area contributed by atoms with Crippen molar-refractivity contribution in [3.8, 4) is 5.75 Å². The van der Waals surface area contributed by atoms with Gasteiger partial charge in [0.05, 0.1) is 6.61 Å². The van der Waals surface area contributed by atoms with Gasteiger partial charge in [-0.3, -0.25) is 0 Å². The van der Waals surface area contributed by atoms with Gasteiger partial charge in [-0.25, -0.2) is 0 Å². The molecular weight excluding hydrogens is 196 g/mol. The number of hydrogen-bond donors (Lipinski definition) is 0. The number of hydrogen-bond acceptors (Lipinski definition) is 1. The normalized spacial score (nSPS) is 11.2. The lowest BCUT2D eigenvalue weighted by Crippen LogP contribution is -2.13. The van der Waals surface area contributed by atoms with Crippen LogP contribution in [0.2, 0.25) is 0 Å². The Morgan fingerprint density at radius 1 is 1.25 bits per heavy atom. The van der Waals surface area contributed by atoms with Crippen molar-refractivity contribution in [2.24, 2.45) is 0 Å². The van der Waals surface area contributed by atoms with Crippen LogP contribution in [0.1, 0.15) is 39.2 Å². The number of ether oxygens (including phenoxy) is 1. The molecule has 1 aromatic rings. The van der Waals surface area contributed by atoms with Crippen molar-refractivity contribution in [3.63, 3.8) is 0 Å². The van der Waals surface area contributed by atoms with E-state index >= 15 is 0 Å². The molecule has 0 aliphatic heterocycles. The zero-order valence-corrected chi connectivity index (χ0v) is 10.6. The summed E-state index contributed by atoms with van der Waals surface area (Å²) in [5.41, 5.74) is 1.41. The highest BCUT2D eigenvalue weighted by Crippen LogP contribution is 2.30. The van der Waals surface area contributed by atoms with Gasteiger partial charge in [0, 0.05) is 0 Å². The molecule has 0 unspecified atom stereocenters. The highest BCUT2D eigenvalue weighted by molar-refractivity contribution is 5.38. The summed E-state index contributed by atoms with van der Waals surface area (Å²) in [6, 6.07) is 8.28. The largest absolute Gasteiger partial charge is 0.493 e. The second kappa shape index (κ2) is 5.74. The molecule has 1 aromatic carbocycles. The van der Waals surface area contributed by atoms with Crippen LogP contribution in [0.5, 0.6) is 5.75 Å². The fourth-order valence-corrected chi connectivity index (χ4v) is 1.62. The Labute approximate surface area is 99.1 Å². The number of rotatable bonds is 5. The Kier molecular flexibility index (Phi) is 4.60. The molecule has 0 N–H and O–H groups in total. The van der Waals surface area contributed by atoms with E-state index in [1.54, 1.807) is 0 Å². The van der Waals surface area contributed by atoms with E-state index in [9.17, 15) is 0 Å². The van der Waals surface area contributed by atoms with Gasteiger partial charge in [-0.05, 0) is 29.9 Å². The minimum Gasteiger partial charge on any atom is -0.493 e. The van der Waals surface area contributed by atoms with Gasteiger partial charge in [-0.15, -0.1) is 6.58 Å². The summed E-state index contributed by atoms with van der Waals surface area (Å²) in [4.78, 5) is 0.